The van der Waals surface area contributed by atoms with Crippen LogP contribution in [0.25, 0.3) is 0 Å². The van der Waals surface area contributed by atoms with E-state index in [4.69, 9.17) is 0 Å². The van der Waals surface area contributed by atoms with E-state index in [1.165, 1.54) is 0 Å². The first-order valence-corrected chi connectivity index (χ1v) is 8.90. The van der Waals surface area contributed by atoms with Gasteiger partial charge in [0, 0.05) is 18.3 Å². The second kappa shape index (κ2) is 4.78. The quantitative estimate of drug-likeness (QED) is 0.806. The van der Waals surface area contributed by atoms with Crippen LogP contribution in [0.2, 0.25) is 0 Å². The SMILES string of the molecule is C[C@]12CCC3C(CCC4=CC(=O)CC[C@@]43C(=O)O)C1CCC2=O. The molecule has 4 nitrogen and oxygen atoms in total. The molecule has 4 aliphatic rings. The summed E-state index contributed by atoms with van der Waals surface area (Å²) in [6.45, 7) is 2.10. The van der Waals surface area contributed by atoms with Crippen LogP contribution < -0.4 is 0 Å². The van der Waals surface area contributed by atoms with E-state index in [0.29, 0.717) is 43.3 Å². The molecule has 124 valence electrons. The number of hydrogen-bond donors (Lipinski definition) is 1. The van der Waals surface area contributed by atoms with Gasteiger partial charge in [0.25, 0.3) is 0 Å². The van der Waals surface area contributed by atoms with Crippen LogP contribution >= 0.6 is 0 Å². The first kappa shape index (κ1) is 15.1. The molecule has 0 bridgehead atoms. The second-order valence-corrected chi connectivity index (χ2v) is 8.25. The number of aliphatic carboxylic acids is 1. The fourth-order valence-electron chi connectivity index (χ4n) is 6.39. The molecule has 1 N–H and O–H groups in total. The summed E-state index contributed by atoms with van der Waals surface area (Å²) in [6.07, 6.45) is 7.27. The van der Waals surface area contributed by atoms with E-state index in [9.17, 15) is 19.5 Å². The van der Waals surface area contributed by atoms with Crippen LogP contribution in [0.1, 0.15) is 58.3 Å². The van der Waals surface area contributed by atoms with Crippen LogP contribution in [0.3, 0.4) is 0 Å². The third-order valence-electron chi connectivity index (χ3n) is 7.58. The maximum atomic E-state index is 12.4. The van der Waals surface area contributed by atoms with Gasteiger partial charge in [-0.15, -0.1) is 0 Å². The van der Waals surface area contributed by atoms with Gasteiger partial charge in [0.2, 0.25) is 0 Å². The van der Waals surface area contributed by atoms with E-state index < -0.39 is 11.4 Å². The number of carbonyl (C=O) groups is 3. The zero-order valence-electron chi connectivity index (χ0n) is 13.6. The lowest BCUT2D eigenvalue weighted by Crippen LogP contribution is -2.54. The summed E-state index contributed by atoms with van der Waals surface area (Å²) >= 11 is 0. The van der Waals surface area contributed by atoms with Crippen molar-refractivity contribution in [2.24, 2.45) is 28.6 Å². The maximum absolute atomic E-state index is 12.4. The molecule has 0 heterocycles. The molecule has 0 aromatic heterocycles. The van der Waals surface area contributed by atoms with Gasteiger partial charge in [0.1, 0.15) is 5.78 Å². The van der Waals surface area contributed by atoms with Crippen LogP contribution in [-0.4, -0.2) is 22.6 Å². The van der Waals surface area contributed by atoms with Crippen molar-refractivity contribution >= 4 is 17.5 Å². The van der Waals surface area contributed by atoms with E-state index >= 15 is 0 Å². The molecule has 0 aromatic rings. The smallest absolute Gasteiger partial charge is 0.314 e. The number of fused-ring (bicyclic) bond motifs is 5. The summed E-state index contributed by atoms with van der Waals surface area (Å²) < 4.78 is 0. The van der Waals surface area contributed by atoms with Crippen molar-refractivity contribution in [2.45, 2.75) is 58.3 Å². The lowest BCUT2D eigenvalue weighted by Gasteiger charge is -2.55. The first-order chi connectivity index (χ1) is 10.9. The minimum Gasteiger partial charge on any atom is -0.481 e. The molecular weight excluding hydrogens is 292 g/mol. The van der Waals surface area contributed by atoms with Crippen LogP contribution in [0.15, 0.2) is 11.6 Å². The molecule has 4 aliphatic carbocycles. The fourth-order valence-corrected chi connectivity index (χ4v) is 6.39. The maximum Gasteiger partial charge on any atom is 0.314 e. The average Bonchev–Trinajstić information content (AvgIpc) is 2.82. The van der Waals surface area contributed by atoms with Gasteiger partial charge in [-0.3, -0.25) is 14.4 Å². The molecule has 0 saturated heterocycles. The van der Waals surface area contributed by atoms with E-state index in [-0.39, 0.29) is 17.1 Å². The standard InChI is InChI=1S/C19H24O4/c1-18-8-7-15-13(14(18)4-5-16(18)21)3-2-11-10-12(20)6-9-19(11,15)17(22)23/h10,13-15H,2-9H2,1H3,(H,22,23)/t13?,14?,15?,18-,19+/m0/s1. The van der Waals surface area contributed by atoms with Crippen molar-refractivity contribution in [3.63, 3.8) is 0 Å². The Morgan fingerprint density at radius 2 is 1.87 bits per heavy atom. The highest BCUT2D eigenvalue weighted by Crippen LogP contribution is 2.64. The molecule has 0 amide bonds. The number of carboxylic acids is 1. The zero-order chi connectivity index (χ0) is 16.4. The Balaban J connectivity index is 1.77. The molecule has 3 unspecified atom stereocenters. The third kappa shape index (κ3) is 1.81. The summed E-state index contributed by atoms with van der Waals surface area (Å²) in [7, 11) is 0. The number of Topliss-reactive ketones (excluding diaryl/α,β-unsaturated/α-hetero) is 1. The Morgan fingerprint density at radius 1 is 1.09 bits per heavy atom. The van der Waals surface area contributed by atoms with Crippen molar-refractivity contribution in [3.05, 3.63) is 11.6 Å². The molecule has 0 spiro atoms. The Bertz CT molecular complexity index is 633. The third-order valence-corrected chi connectivity index (χ3v) is 7.58. The molecule has 0 aromatic carbocycles. The van der Waals surface area contributed by atoms with Gasteiger partial charge in [0.05, 0.1) is 5.41 Å². The number of carbonyl (C=O) groups excluding carboxylic acids is 2. The molecule has 3 fully saturated rings. The van der Waals surface area contributed by atoms with Gasteiger partial charge in [-0.2, -0.15) is 0 Å². The summed E-state index contributed by atoms with van der Waals surface area (Å²) in [5.41, 5.74) is -0.216. The van der Waals surface area contributed by atoms with Crippen molar-refractivity contribution in [1.29, 1.82) is 0 Å². The van der Waals surface area contributed by atoms with Crippen molar-refractivity contribution < 1.29 is 19.5 Å². The Hall–Kier alpha value is -1.45. The van der Waals surface area contributed by atoms with Crippen LogP contribution in [-0.2, 0) is 14.4 Å². The topological polar surface area (TPSA) is 71.4 Å². The van der Waals surface area contributed by atoms with Crippen molar-refractivity contribution in [2.75, 3.05) is 0 Å². The van der Waals surface area contributed by atoms with Gasteiger partial charge in [-0.25, -0.2) is 0 Å². The molecule has 0 aliphatic heterocycles. The van der Waals surface area contributed by atoms with E-state index in [1.54, 1.807) is 6.08 Å². The summed E-state index contributed by atoms with van der Waals surface area (Å²) in [5.74, 6) is 0.458. The number of ketones is 2. The Kier molecular flexibility index (Phi) is 3.14. The van der Waals surface area contributed by atoms with Crippen molar-refractivity contribution in [3.8, 4) is 0 Å². The summed E-state index contributed by atoms with van der Waals surface area (Å²) in [6, 6.07) is 0. The van der Waals surface area contributed by atoms with Crippen molar-refractivity contribution in [1.82, 2.24) is 0 Å². The molecule has 4 heteroatoms. The van der Waals surface area contributed by atoms with Gasteiger partial charge < -0.3 is 5.11 Å². The number of carboxylic acid groups (broad SMARTS) is 1. The number of hydrogen-bond acceptors (Lipinski definition) is 3. The highest BCUT2D eigenvalue weighted by atomic mass is 16.4. The van der Waals surface area contributed by atoms with Gasteiger partial charge in [0.15, 0.2) is 5.78 Å². The number of rotatable bonds is 1. The largest absolute Gasteiger partial charge is 0.481 e. The molecule has 4 rings (SSSR count). The molecule has 0 radical (unpaired) electrons. The normalized spacial score (nSPS) is 45.8. The molecule has 5 atom stereocenters. The minimum absolute atomic E-state index is 0.0759. The monoisotopic (exact) mass is 316 g/mol. The summed E-state index contributed by atoms with van der Waals surface area (Å²) in [4.78, 5) is 36.5. The summed E-state index contributed by atoms with van der Waals surface area (Å²) in [5, 5.41) is 10.1. The van der Waals surface area contributed by atoms with E-state index in [1.807, 2.05) is 0 Å². The highest BCUT2D eigenvalue weighted by Gasteiger charge is 2.62. The van der Waals surface area contributed by atoms with E-state index in [0.717, 1.165) is 31.3 Å². The predicted octanol–water partition coefficient (Wildman–Crippen LogP) is 3.15. The fraction of sp³-hybridized carbons (Fsp3) is 0.737. The lowest BCUT2D eigenvalue weighted by atomic mass is 9.47. The lowest BCUT2D eigenvalue weighted by molar-refractivity contribution is -0.159. The average molecular weight is 316 g/mol. The minimum atomic E-state index is -0.843. The van der Waals surface area contributed by atoms with Gasteiger partial charge >= 0.3 is 5.97 Å². The highest BCUT2D eigenvalue weighted by molar-refractivity contribution is 5.95. The van der Waals surface area contributed by atoms with Crippen LogP contribution in [0.5, 0.6) is 0 Å². The molecular formula is C19H24O4. The predicted molar refractivity (Wildman–Crippen MR) is 83.7 cm³/mol. The zero-order valence-corrected chi connectivity index (χ0v) is 13.6. The van der Waals surface area contributed by atoms with Crippen LogP contribution in [0.4, 0.5) is 0 Å². The van der Waals surface area contributed by atoms with Crippen LogP contribution in [0, 0.1) is 28.6 Å². The van der Waals surface area contributed by atoms with Gasteiger partial charge in [-0.1, -0.05) is 6.92 Å². The Morgan fingerprint density at radius 3 is 2.61 bits per heavy atom. The van der Waals surface area contributed by atoms with Gasteiger partial charge in [-0.05, 0) is 67.9 Å². The van der Waals surface area contributed by atoms with E-state index in [2.05, 4.69) is 6.92 Å². The molecule has 3 saturated carbocycles. The molecule has 23 heavy (non-hydrogen) atoms. The second-order valence-electron chi connectivity index (χ2n) is 8.25. The first-order valence-electron chi connectivity index (χ1n) is 8.90. The Labute approximate surface area is 136 Å².